The molecule has 0 aromatic carbocycles. The quantitative estimate of drug-likeness (QED) is 0.674. The molecule has 3 heteroatoms. The Labute approximate surface area is 77.4 Å². The van der Waals surface area contributed by atoms with Crippen molar-refractivity contribution in [3.8, 4) is 0 Å². The van der Waals surface area contributed by atoms with E-state index in [2.05, 4.69) is 6.58 Å². The molecule has 2 heterocycles. The Morgan fingerprint density at radius 3 is 2.85 bits per heavy atom. The predicted octanol–water partition coefficient (Wildman–Crippen LogP) is 1.58. The van der Waals surface area contributed by atoms with Gasteiger partial charge in [0, 0.05) is 0 Å². The lowest BCUT2D eigenvalue weighted by Crippen LogP contribution is -2.39. The molecule has 0 spiro atoms. The Hall–Kier alpha value is -0.830. The van der Waals surface area contributed by atoms with Crippen molar-refractivity contribution in [2.24, 2.45) is 5.41 Å². The molecule has 0 radical (unpaired) electrons. The zero-order valence-corrected chi connectivity index (χ0v) is 7.53. The molecule has 13 heavy (non-hydrogen) atoms. The summed E-state index contributed by atoms with van der Waals surface area (Å²) in [5.41, 5.74) is -0.662. The van der Waals surface area contributed by atoms with Gasteiger partial charge in [0.15, 0.2) is 0 Å². The van der Waals surface area contributed by atoms with Crippen LogP contribution in [-0.2, 0) is 9.53 Å². The molecular formula is C10H14O3. The first-order chi connectivity index (χ1) is 6.19. The van der Waals surface area contributed by atoms with Crippen LogP contribution in [0.2, 0.25) is 0 Å². The molecule has 2 bridgehead atoms. The van der Waals surface area contributed by atoms with Crippen molar-refractivity contribution in [1.29, 1.82) is 0 Å². The maximum atomic E-state index is 11.2. The van der Waals surface area contributed by atoms with Crippen LogP contribution in [0.1, 0.15) is 25.7 Å². The van der Waals surface area contributed by atoms with E-state index in [4.69, 9.17) is 4.74 Å². The maximum absolute atomic E-state index is 11.2. The van der Waals surface area contributed by atoms with Crippen LogP contribution in [0.15, 0.2) is 12.7 Å². The summed E-state index contributed by atoms with van der Waals surface area (Å²) in [6, 6.07) is 0. The van der Waals surface area contributed by atoms with Crippen molar-refractivity contribution in [3.05, 3.63) is 12.7 Å². The van der Waals surface area contributed by atoms with E-state index in [0.717, 1.165) is 12.8 Å². The summed E-state index contributed by atoms with van der Waals surface area (Å²) in [7, 11) is 0. The first-order valence-electron chi connectivity index (χ1n) is 4.69. The second-order valence-electron chi connectivity index (χ2n) is 3.98. The molecular weight excluding hydrogens is 168 g/mol. The summed E-state index contributed by atoms with van der Waals surface area (Å²) >= 11 is 0. The first-order valence-corrected chi connectivity index (χ1v) is 4.69. The number of hydrogen-bond donors (Lipinski definition) is 1. The monoisotopic (exact) mass is 182 g/mol. The van der Waals surface area contributed by atoms with E-state index in [1.807, 2.05) is 0 Å². The summed E-state index contributed by atoms with van der Waals surface area (Å²) in [6.07, 6.45) is 4.91. The minimum Gasteiger partial charge on any atom is -0.481 e. The highest BCUT2D eigenvalue weighted by Gasteiger charge is 2.56. The molecule has 1 N–H and O–H groups in total. The van der Waals surface area contributed by atoms with E-state index in [1.165, 1.54) is 0 Å². The van der Waals surface area contributed by atoms with E-state index in [9.17, 15) is 9.90 Å². The molecule has 2 aliphatic rings. The minimum absolute atomic E-state index is 0.0759. The van der Waals surface area contributed by atoms with Crippen LogP contribution in [0.25, 0.3) is 0 Å². The third-order valence-electron chi connectivity index (χ3n) is 3.25. The second-order valence-corrected chi connectivity index (χ2v) is 3.98. The van der Waals surface area contributed by atoms with Gasteiger partial charge in [-0.3, -0.25) is 4.79 Å². The number of ether oxygens (including phenoxy) is 1. The number of rotatable bonds is 3. The number of fused-ring (bicyclic) bond motifs is 2. The third-order valence-corrected chi connectivity index (χ3v) is 3.25. The number of carboxylic acid groups (broad SMARTS) is 1. The zero-order chi connectivity index (χ0) is 9.47. The number of hydrogen-bond acceptors (Lipinski definition) is 2. The zero-order valence-electron chi connectivity index (χ0n) is 7.53. The molecule has 0 aromatic heterocycles. The predicted molar refractivity (Wildman–Crippen MR) is 47.4 cm³/mol. The highest BCUT2D eigenvalue weighted by Crippen LogP contribution is 2.50. The van der Waals surface area contributed by atoms with Gasteiger partial charge in [0.05, 0.1) is 17.6 Å². The molecule has 0 aromatic rings. The Morgan fingerprint density at radius 1 is 1.69 bits per heavy atom. The third kappa shape index (κ3) is 1.10. The molecule has 3 nitrogen and oxygen atoms in total. The van der Waals surface area contributed by atoms with Gasteiger partial charge < -0.3 is 9.84 Å². The number of carbonyl (C=O) groups is 1. The Morgan fingerprint density at radius 2 is 2.46 bits per heavy atom. The highest BCUT2D eigenvalue weighted by molar-refractivity contribution is 5.76. The lowest BCUT2D eigenvalue weighted by atomic mass is 9.72. The van der Waals surface area contributed by atoms with Gasteiger partial charge in [-0.05, 0) is 25.7 Å². The first kappa shape index (κ1) is 8.75. The van der Waals surface area contributed by atoms with Gasteiger partial charge in [0.2, 0.25) is 0 Å². The van der Waals surface area contributed by atoms with Crippen molar-refractivity contribution in [2.45, 2.75) is 37.9 Å². The fourth-order valence-electron chi connectivity index (χ4n) is 2.58. The number of aliphatic carboxylic acids is 1. The van der Waals surface area contributed by atoms with Gasteiger partial charge in [-0.25, -0.2) is 0 Å². The van der Waals surface area contributed by atoms with Crippen molar-refractivity contribution >= 4 is 5.97 Å². The number of carboxylic acids is 1. The average molecular weight is 182 g/mol. The molecule has 0 saturated carbocycles. The van der Waals surface area contributed by atoms with Crippen LogP contribution < -0.4 is 0 Å². The summed E-state index contributed by atoms with van der Waals surface area (Å²) in [4.78, 5) is 11.2. The Balaban J connectivity index is 2.24. The molecule has 0 amide bonds. The van der Waals surface area contributed by atoms with Gasteiger partial charge in [-0.1, -0.05) is 6.08 Å². The lowest BCUT2D eigenvalue weighted by molar-refractivity contribution is -0.152. The van der Waals surface area contributed by atoms with Gasteiger partial charge in [-0.15, -0.1) is 6.58 Å². The SMILES string of the molecule is C=CCC1(C(=O)O)CC2CCC1O2. The van der Waals surface area contributed by atoms with Gasteiger partial charge in [0.1, 0.15) is 0 Å². The summed E-state index contributed by atoms with van der Waals surface area (Å²) < 4.78 is 5.57. The second kappa shape index (κ2) is 2.84. The fraction of sp³-hybridized carbons (Fsp3) is 0.700. The molecule has 3 atom stereocenters. The molecule has 2 saturated heterocycles. The smallest absolute Gasteiger partial charge is 0.312 e. The van der Waals surface area contributed by atoms with E-state index in [-0.39, 0.29) is 12.2 Å². The summed E-state index contributed by atoms with van der Waals surface area (Å²) in [5, 5.41) is 9.19. The maximum Gasteiger partial charge on any atom is 0.312 e. The van der Waals surface area contributed by atoms with Crippen molar-refractivity contribution < 1.29 is 14.6 Å². The minimum atomic E-state index is -0.723. The van der Waals surface area contributed by atoms with Gasteiger partial charge in [-0.2, -0.15) is 0 Å². The van der Waals surface area contributed by atoms with Crippen molar-refractivity contribution in [2.75, 3.05) is 0 Å². The molecule has 0 aliphatic carbocycles. The van der Waals surface area contributed by atoms with E-state index >= 15 is 0 Å². The fourth-order valence-corrected chi connectivity index (χ4v) is 2.58. The lowest BCUT2D eigenvalue weighted by Gasteiger charge is -2.29. The summed E-state index contributed by atoms with van der Waals surface area (Å²) in [6.45, 7) is 3.62. The van der Waals surface area contributed by atoms with E-state index < -0.39 is 11.4 Å². The number of allylic oxidation sites excluding steroid dienone is 1. The average Bonchev–Trinajstić information content (AvgIpc) is 2.64. The van der Waals surface area contributed by atoms with Crippen molar-refractivity contribution in [3.63, 3.8) is 0 Å². The summed E-state index contributed by atoms with van der Waals surface area (Å²) in [5.74, 6) is -0.723. The van der Waals surface area contributed by atoms with Crippen molar-refractivity contribution in [1.82, 2.24) is 0 Å². The van der Waals surface area contributed by atoms with Crippen LogP contribution in [0.5, 0.6) is 0 Å². The Bertz CT molecular complexity index is 249. The normalized spacial score (nSPS) is 42.2. The van der Waals surface area contributed by atoms with Gasteiger partial charge >= 0.3 is 5.97 Å². The molecule has 3 unspecified atom stereocenters. The van der Waals surface area contributed by atoms with E-state index in [0.29, 0.717) is 12.8 Å². The highest BCUT2D eigenvalue weighted by atomic mass is 16.5. The van der Waals surface area contributed by atoms with Crippen LogP contribution in [0.4, 0.5) is 0 Å². The van der Waals surface area contributed by atoms with Gasteiger partial charge in [0.25, 0.3) is 0 Å². The molecule has 2 fully saturated rings. The Kier molecular flexibility index (Phi) is 1.91. The molecule has 72 valence electrons. The van der Waals surface area contributed by atoms with Crippen LogP contribution in [0, 0.1) is 5.41 Å². The van der Waals surface area contributed by atoms with Crippen LogP contribution in [-0.4, -0.2) is 23.3 Å². The largest absolute Gasteiger partial charge is 0.481 e. The molecule has 2 rings (SSSR count). The van der Waals surface area contributed by atoms with Crippen LogP contribution >= 0.6 is 0 Å². The van der Waals surface area contributed by atoms with Crippen LogP contribution in [0.3, 0.4) is 0 Å². The standard InChI is InChI=1S/C10H14O3/c1-2-5-10(9(11)12)6-7-3-4-8(10)13-7/h2,7-8H,1,3-6H2,(H,11,12). The van der Waals surface area contributed by atoms with E-state index in [1.54, 1.807) is 6.08 Å². The topological polar surface area (TPSA) is 46.5 Å². The molecule has 2 aliphatic heterocycles.